The minimum Gasteiger partial charge on any atom is -0.465 e. The first kappa shape index (κ1) is 15.4. The molecule has 1 unspecified atom stereocenters. The largest absolute Gasteiger partial charge is 0.465 e. The average molecular weight is 324 g/mol. The highest BCUT2D eigenvalue weighted by Gasteiger charge is 2.45. The Balaban J connectivity index is 1.78. The van der Waals surface area contributed by atoms with Gasteiger partial charge < -0.3 is 10.0 Å². The third-order valence-electron chi connectivity index (χ3n) is 4.08. The Kier molecular flexibility index (Phi) is 3.54. The molecule has 0 spiro atoms. The summed E-state index contributed by atoms with van der Waals surface area (Å²) in [6, 6.07) is 6.26. The topological polar surface area (TPSA) is 77.9 Å². The first-order valence-corrected chi connectivity index (χ1v) is 7.09. The molecule has 8 heteroatoms. The van der Waals surface area contributed by atoms with E-state index in [0.29, 0.717) is 4.90 Å². The second-order valence-electron chi connectivity index (χ2n) is 5.86. The maximum Gasteiger partial charge on any atom is 0.407 e. The van der Waals surface area contributed by atoms with E-state index in [1.807, 2.05) is 0 Å². The zero-order valence-electron chi connectivity index (χ0n) is 12.0. The molecule has 1 saturated heterocycles. The molecule has 1 N–H and O–H groups in total. The Morgan fingerprint density at radius 1 is 1.22 bits per heavy atom. The van der Waals surface area contributed by atoms with Crippen molar-refractivity contribution >= 4 is 17.9 Å². The van der Waals surface area contributed by atoms with Gasteiger partial charge in [0.1, 0.15) is 0 Å². The number of halogens is 2. The first-order chi connectivity index (χ1) is 10.8. The maximum atomic E-state index is 13.7. The molecule has 1 aromatic rings. The molecule has 0 radical (unpaired) electrons. The molecular weight excluding hydrogens is 310 g/mol. The number of likely N-dealkylation sites (tertiary alicyclic amines) is 1. The molecule has 0 bridgehead atoms. The second-order valence-corrected chi connectivity index (χ2v) is 5.86. The highest BCUT2D eigenvalue weighted by atomic mass is 19.3. The smallest absolute Gasteiger partial charge is 0.407 e. The van der Waals surface area contributed by atoms with Crippen LogP contribution < -0.4 is 0 Å². The van der Waals surface area contributed by atoms with E-state index >= 15 is 0 Å². The summed E-state index contributed by atoms with van der Waals surface area (Å²) in [4.78, 5) is 37.0. The van der Waals surface area contributed by atoms with Crippen molar-refractivity contribution in [3.63, 3.8) is 0 Å². The van der Waals surface area contributed by atoms with E-state index in [1.54, 1.807) is 12.1 Å². The lowest BCUT2D eigenvalue weighted by atomic mass is 9.95. The zero-order valence-corrected chi connectivity index (χ0v) is 12.0. The first-order valence-electron chi connectivity index (χ1n) is 7.09. The van der Waals surface area contributed by atoms with Gasteiger partial charge in [0.25, 0.3) is 17.7 Å². The number of hydrogen-bond acceptors (Lipinski definition) is 3. The maximum absolute atomic E-state index is 13.7. The fourth-order valence-corrected chi connectivity index (χ4v) is 3.14. The molecule has 23 heavy (non-hydrogen) atoms. The average Bonchev–Trinajstić information content (AvgIpc) is 2.71. The van der Waals surface area contributed by atoms with E-state index in [2.05, 4.69) is 0 Å². The number of benzene rings is 1. The van der Waals surface area contributed by atoms with Crippen LogP contribution in [0.5, 0.6) is 0 Å². The van der Waals surface area contributed by atoms with E-state index in [9.17, 15) is 23.2 Å². The van der Waals surface area contributed by atoms with Crippen molar-refractivity contribution in [2.75, 3.05) is 19.6 Å². The van der Waals surface area contributed by atoms with Crippen LogP contribution in [0.3, 0.4) is 0 Å². The number of imide groups is 1. The lowest BCUT2D eigenvalue weighted by Crippen LogP contribution is -2.52. The van der Waals surface area contributed by atoms with Crippen LogP contribution in [0.25, 0.3) is 0 Å². The predicted octanol–water partition coefficient (Wildman–Crippen LogP) is 1.92. The summed E-state index contributed by atoms with van der Waals surface area (Å²) in [6.07, 6.45) is -1.98. The molecule has 122 valence electrons. The number of rotatable bonds is 2. The summed E-state index contributed by atoms with van der Waals surface area (Å²) in [7, 11) is 0. The van der Waals surface area contributed by atoms with E-state index < -0.39 is 42.7 Å². The number of alkyl halides is 2. The van der Waals surface area contributed by atoms with Gasteiger partial charge in [-0.05, 0) is 12.1 Å². The van der Waals surface area contributed by atoms with E-state index in [4.69, 9.17) is 5.11 Å². The predicted molar refractivity (Wildman–Crippen MR) is 74.5 cm³/mol. The monoisotopic (exact) mass is 324 g/mol. The number of amides is 3. The zero-order chi connectivity index (χ0) is 16.8. The Hall–Kier alpha value is -2.51. The molecule has 1 fully saturated rings. The fraction of sp³-hybridized carbons (Fsp3) is 0.400. The van der Waals surface area contributed by atoms with Crippen LogP contribution in [0.15, 0.2) is 24.3 Å². The van der Waals surface area contributed by atoms with Crippen LogP contribution in [0.2, 0.25) is 0 Å². The third-order valence-corrected chi connectivity index (χ3v) is 4.08. The Morgan fingerprint density at radius 3 is 2.30 bits per heavy atom. The van der Waals surface area contributed by atoms with Crippen molar-refractivity contribution in [3.05, 3.63) is 35.4 Å². The second kappa shape index (κ2) is 5.29. The van der Waals surface area contributed by atoms with Crippen LogP contribution in [0.1, 0.15) is 27.1 Å². The van der Waals surface area contributed by atoms with Crippen molar-refractivity contribution in [1.29, 1.82) is 0 Å². The number of carbonyl (C=O) groups is 3. The number of fused-ring (bicyclic) bond motifs is 1. The number of carboxylic acid groups (broad SMARTS) is 1. The van der Waals surface area contributed by atoms with Crippen molar-refractivity contribution < 1.29 is 28.3 Å². The quantitative estimate of drug-likeness (QED) is 0.843. The third kappa shape index (κ3) is 2.76. The summed E-state index contributed by atoms with van der Waals surface area (Å²) < 4.78 is 27.4. The lowest BCUT2D eigenvalue weighted by Gasteiger charge is -2.37. The van der Waals surface area contributed by atoms with Gasteiger partial charge in [0.2, 0.25) is 0 Å². The number of hydrogen-bond donors (Lipinski definition) is 1. The van der Waals surface area contributed by atoms with Crippen molar-refractivity contribution in [2.45, 2.75) is 12.3 Å². The molecule has 1 aromatic carbocycles. The van der Waals surface area contributed by atoms with Gasteiger partial charge in [0.05, 0.1) is 17.7 Å². The molecule has 6 nitrogen and oxygen atoms in total. The van der Waals surface area contributed by atoms with Crippen LogP contribution >= 0.6 is 0 Å². The summed E-state index contributed by atoms with van der Waals surface area (Å²) in [6.45, 7) is -1.20. The summed E-state index contributed by atoms with van der Waals surface area (Å²) in [5.41, 5.74) is 0.491. The lowest BCUT2D eigenvalue weighted by molar-refractivity contribution is -0.0792. The van der Waals surface area contributed by atoms with E-state index in [0.717, 1.165) is 4.90 Å². The normalized spacial score (nSPS) is 23.1. The highest BCUT2D eigenvalue weighted by Crippen LogP contribution is 2.32. The van der Waals surface area contributed by atoms with Gasteiger partial charge in [-0.1, -0.05) is 12.1 Å². The minimum absolute atomic E-state index is 0.127. The molecule has 0 aromatic heterocycles. The standard InChI is InChI=1S/C15H14F2N2O4/c16-15(17)5-9(6-18(8-15)14(22)23)7-19-12(20)10-3-1-2-4-11(10)13(19)21/h1-4,9H,5-8H2,(H,22,23). The number of piperidine rings is 1. The summed E-state index contributed by atoms with van der Waals surface area (Å²) in [5, 5.41) is 8.94. The Labute approximate surface area is 130 Å². The van der Waals surface area contributed by atoms with Gasteiger partial charge in [-0.3, -0.25) is 14.5 Å². The molecule has 3 amide bonds. The number of carbonyl (C=O) groups excluding carboxylic acids is 2. The van der Waals surface area contributed by atoms with Crippen molar-refractivity contribution in [3.8, 4) is 0 Å². The van der Waals surface area contributed by atoms with Gasteiger partial charge in [0.15, 0.2) is 0 Å². The highest BCUT2D eigenvalue weighted by molar-refractivity contribution is 6.21. The van der Waals surface area contributed by atoms with Crippen LogP contribution in [0, 0.1) is 5.92 Å². The molecule has 1 atom stereocenters. The minimum atomic E-state index is -3.17. The van der Waals surface area contributed by atoms with Gasteiger partial charge in [0, 0.05) is 25.4 Å². The molecular formula is C15H14F2N2O4. The van der Waals surface area contributed by atoms with Crippen molar-refractivity contribution in [1.82, 2.24) is 9.80 Å². The number of nitrogens with zero attached hydrogens (tertiary/aromatic N) is 2. The Morgan fingerprint density at radius 2 is 1.78 bits per heavy atom. The van der Waals surface area contributed by atoms with E-state index in [-0.39, 0.29) is 24.2 Å². The molecule has 3 rings (SSSR count). The molecule has 2 heterocycles. The van der Waals surface area contributed by atoms with Gasteiger partial charge in [-0.15, -0.1) is 0 Å². The van der Waals surface area contributed by atoms with E-state index in [1.165, 1.54) is 12.1 Å². The van der Waals surface area contributed by atoms with Crippen LogP contribution in [-0.2, 0) is 0 Å². The molecule has 0 aliphatic carbocycles. The summed E-state index contributed by atoms with van der Waals surface area (Å²) in [5.74, 6) is -5.01. The van der Waals surface area contributed by atoms with Crippen molar-refractivity contribution in [2.24, 2.45) is 5.92 Å². The van der Waals surface area contributed by atoms with Gasteiger partial charge >= 0.3 is 6.09 Å². The van der Waals surface area contributed by atoms with Gasteiger partial charge in [-0.25, -0.2) is 13.6 Å². The SMILES string of the molecule is O=C(O)N1CC(CN2C(=O)c3ccccc3C2=O)CC(F)(F)C1. The summed E-state index contributed by atoms with van der Waals surface area (Å²) >= 11 is 0. The Bertz CT molecular complexity index is 657. The van der Waals surface area contributed by atoms with Crippen LogP contribution in [-0.4, -0.2) is 58.4 Å². The molecule has 0 saturated carbocycles. The molecule has 2 aliphatic heterocycles. The molecule has 2 aliphatic rings. The fourth-order valence-electron chi connectivity index (χ4n) is 3.14. The van der Waals surface area contributed by atoms with Crippen LogP contribution in [0.4, 0.5) is 13.6 Å². The van der Waals surface area contributed by atoms with Gasteiger partial charge in [-0.2, -0.15) is 0 Å².